The van der Waals surface area contributed by atoms with Gasteiger partial charge in [0.1, 0.15) is 0 Å². The van der Waals surface area contributed by atoms with Crippen molar-refractivity contribution in [3.63, 3.8) is 0 Å². The van der Waals surface area contributed by atoms with Gasteiger partial charge < -0.3 is 0 Å². The third-order valence-corrected chi connectivity index (χ3v) is 1.76. The van der Waals surface area contributed by atoms with E-state index in [2.05, 4.69) is 43.0 Å². The second-order valence-electron chi connectivity index (χ2n) is 2.41. The van der Waals surface area contributed by atoms with E-state index >= 15 is 0 Å². The van der Waals surface area contributed by atoms with Gasteiger partial charge in [0.05, 0.1) is 0 Å². The van der Waals surface area contributed by atoms with Crippen LogP contribution in [0.4, 0.5) is 0 Å². The van der Waals surface area contributed by atoms with Gasteiger partial charge in [0, 0.05) is 0 Å². The summed E-state index contributed by atoms with van der Waals surface area (Å²) in [5.74, 6) is 0. The van der Waals surface area contributed by atoms with Gasteiger partial charge in [-0.25, -0.2) is 0 Å². The minimum absolute atomic E-state index is 1.08. The van der Waals surface area contributed by atoms with Gasteiger partial charge in [0.2, 0.25) is 0 Å². The van der Waals surface area contributed by atoms with Crippen LogP contribution >= 0.6 is 12.6 Å². The number of thiol groups is 1. The highest BCUT2D eigenvalue weighted by Crippen LogP contribution is 2.02. The fourth-order valence-corrected chi connectivity index (χ4v) is 1.12. The predicted molar refractivity (Wildman–Crippen MR) is 52.9 cm³/mol. The van der Waals surface area contributed by atoms with Gasteiger partial charge >= 0.3 is 0 Å². The summed E-state index contributed by atoms with van der Waals surface area (Å²) in [6, 6.07) is 10.5. The third-order valence-electron chi connectivity index (χ3n) is 1.55. The van der Waals surface area contributed by atoms with E-state index in [1.165, 1.54) is 5.56 Å². The van der Waals surface area contributed by atoms with Crippen molar-refractivity contribution in [1.29, 1.82) is 0 Å². The zero-order chi connectivity index (χ0) is 7.94. The molecule has 0 N–H and O–H groups in total. The molecule has 0 aromatic heterocycles. The van der Waals surface area contributed by atoms with Gasteiger partial charge in [-0.3, -0.25) is 0 Å². The van der Waals surface area contributed by atoms with Crippen LogP contribution in [-0.4, -0.2) is 0 Å². The Morgan fingerprint density at radius 3 is 2.55 bits per heavy atom. The highest BCUT2D eigenvalue weighted by molar-refractivity contribution is 7.83. The zero-order valence-electron chi connectivity index (χ0n) is 6.40. The monoisotopic (exact) mass is 164 g/mol. The van der Waals surface area contributed by atoms with Crippen LogP contribution in [0.15, 0.2) is 41.8 Å². The van der Waals surface area contributed by atoms with Crippen LogP contribution in [0.25, 0.3) is 0 Å². The van der Waals surface area contributed by atoms with Crippen molar-refractivity contribution < 1.29 is 0 Å². The van der Waals surface area contributed by atoms with Crippen molar-refractivity contribution in [2.24, 2.45) is 0 Å². The lowest BCUT2D eigenvalue weighted by Crippen LogP contribution is -1.80. The lowest BCUT2D eigenvalue weighted by Gasteiger charge is -1.95. The van der Waals surface area contributed by atoms with Crippen LogP contribution in [-0.2, 0) is 6.42 Å². The molecule has 0 atom stereocenters. The Hall–Kier alpha value is -0.690. The van der Waals surface area contributed by atoms with E-state index in [1.807, 2.05) is 6.07 Å². The Morgan fingerprint density at radius 1 is 1.18 bits per heavy atom. The zero-order valence-corrected chi connectivity index (χ0v) is 7.30. The van der Waals surface area contributed by atoms with Gasteiger partial charge in [-0.05, 0) is 23.8 Å². The molecular formula is C10H12S. The van der Waals surface area contributed by atoms with Crippen molar-refractivity contribution >= 4 is 12.6 Å². The lowest BCUT2D eigenvalue weighted by molar-refractivity contribution is 1.00. The van der Waals surface area contributed by atoms with E-state index < -0.39 is 0 Å². The van der Waals surface area contributed by atoms with Crippen LogP contribution in [0.2, 0.25) is 0 Å². The average Bonchev–Trinajstić information content (AvgIpc) is 2.07. The fraction of sp³-hybridized carbons (Fsp3) is 0.200. The number of hydrogen-bond acceptors (Lipinski definition) is 1. The molecule has 1 aromatic rings. The summed E-state index contributed by atoms with van der Waals surface area (Å²) in [6.07, 6.45) is 4.25. The highest BCUT2D eigenvalue weighted by Gasteiger charge is 1.86. The smallest absolute Gasteiger partial charge is 0.0244 e. The predicted octanol–water partition coefficient (Wildman–Crippen LogP) is 3.06. The SMILES string of the molecule is S/C=C/CCc1ccccc1. The molecule has 0 fully saturated rings. The van der Waals surface area contributed by atoms with Gasteiger partial charge in [-0.2, -0.15) is 12.6 Å². The van der Waals surface area contributed by atoms with Gasteiger partial charge in [-0.15, -0.1) is 0 Å². The van der Waals surface area contributed by atoms with Crippen molar-refractivity contribution in [3.8, 4) is 0 Å². The maximum atomic E-state index is 3.99. The summed E-state index contributed by atoms with van der Waals surface area (Å²) < 4.78 is 0. The van der Waals surface area contributed by atoms with Crippen LogP contribution in [0.5, 0.6) is 0 Å². The first-order valence-corrected chi connectivity index (χ1v) is 4.28. The lowest BCUT2D eigenvalue weighted by atomic mass is 10.1. The van der Waals surface area contributed by atoms with Crippen LogP contribution < -0.4 is 0 Å². The molecule has 1 heteroatoms. The number of rotatable bonds is 3. The number of allylic oxidation sites excluding steroid dienone is 1. The molecule has 0 spiro atoms. The largest absolute Gasteiger partial charge is 0.152 e. The molecule has 1 aromatic carbocycles. The molecule has 1 rings (SSSR count). The van der Waals surface area contributed by atoms with E-state index in [0.29, 0.717) is 0 Å². The molecule has 58 valence electrons. The van der Waals surface area contributed by atoms with E-state index in [4.69, 9.17) is 0 Å². The Kier molecular flexibility index (Phi) is 3.84. The standard InChI is InChI=1S/C10H12S/c11-9-5-4-8-10-6-2-1-3-7-10/h1-3,5-7,9,11H,4,8H2/b9-5+. The van der Waals surface area contributed by atoms with E-state index in [1.54, 1.807) is 5.41 Å². The summed E-state index contributed by atoms with van der Waals surface area (Å²) in [4.78, 5) is 0. The molecule has 0 amide bonds. The first-order chi connectivity index (χ1) is 5.43. The van der Waals surface area contributed by atoms with Crippen LogP contribution in [0.3, 0.4) is 0 Å². The van der Waals surface area contributed by atoms with Crippen molar-refractivity contribution in [2.45, 2.75) is 12.8 Å². The van der Waals surface area contributed by atoms with Gasteiger partial charge in [-0.1, -0.05) is 36.4 Å². The first-order valence-electron chi connectivity index (χ1n) is 3.76. The third kappa shape index (κ3) is 3.28. The number of benzene rings is 1. The summed E-state index contributed by atoms with van der Waals surface area (Å²) in [5.41, 5.74) is 1.39. The summed E-state index contributed by atoms with van der Waals surface area (Å²) in [7, 11) is 0. The molecular weight excluding hydrogens is 152 g/mol. The maximum absolute atomic E-state index is 3.99. The molecule has 0 saturated carbocycles. The summed E-state index contributed by atoms with van der Waals surface area (Å²) in [6.45, 7) is 0. The highest BCUT2D eigenvalue weighted by atomic mass is 32.1. The average molecular weight is 164 g/mol. The van der Waals surface area contributed by atoms with Crippen molar-refractivity contribution in [2.75, 3.05) is 0 Å². The number of aryl methyl sites for hydroxylation is 1. The van der Waals surface area contributed by atoms with E-state index in [0.717, 1.165) is 12.8 Å². The van der Waals surface area contributed by atoms with Crippen molar-refractivity contribution in [3.05, 3.63) is 47.4 Å². The van der Waals surface area contributed by atoms with E-state index in [-0.39, 0.29) is 0 Å². The molecule has 0 aliphatic carbocycles. The quantitative estimate of drug-likeness (QED) is 0.652. The molecule has 0 heterocycles. The molecule has 0 unspecified atom stereocenters. The van der Waals surface area contributed by atoms with Crippen LogP contribution in [0, 0.1) is 0 Å². The fourth-order valence-electron chi connectivity index (χ4n) is 0.969. The summed E-state index contributed by atoms with van der Waals surface area (Å²) in [5, 5.41) is 1.79. The maximum Gasteiger partial charge on any atom is -0.0244 e. The molecule has 0 aliphatic rings. The molecule has 0 aliphatic heterocycles. The Morgan fingerprint density at radius 2 is 1.91 bits per heavy atom. The Labute approximate surface area is 73.4 Å². The Balaban J connectivity index is 2.39. The molecule has 0 saturated heterocycles. The second-order valence-corrected chi connectivity index (χ2v) is 2.71. The number of hydrogen-bond donors (Lipinski definition) is 1. The van der Waals surface area contributed by atoms with E-state index in [9.17, 15) is 0 Å². The first kappa shape index (κ1) is 8.41. The van der Waals surface area contributed by atoms with Gasteiger partial charge in [0.15, 0.2) is 0 Å². The molecule has 0 radical (unpaired) electrons. The Bertz CT molecular complexity index is 214. The molecule has 0 bridgehead atoms. The van der Waals surface area contributed by atoms with Gasteiger partial charge in [0.25, 0.3) is 0 Å². The minimum Gasteiger partial charge on any atom is -0.152 e. The topological polar surface area (TPSA) is 0 Å². The normalized spacial score (nSPS) is 10.6. The molecule has 0 nitrogen and oxygen atoms in total. The second kappa shape index (κ2) is 5.03. The molecule has 11 heavy (non-hydrogen) atoms. The summed E-state index contributed by atoms with van der Waals surface area (Å²) >= 11 is 3.99. The van der Waals surface area contributed by atoms with Crippen LogP contribution in [0.1, 0.15) is 12.0 Å². The minimum atomic E-state index is 1.08. The van der Waals surface area contributed by atoms with Crippen molar-refractivity contribution in [1.82, 2.24) is 0 Å².